The Morgan fingerprint density at radius 2 is 2.04 bits per heavy atom. The van der Waals surface area contributed by atoms with Gasteiger partial charge >= 0.3 is 0 Å². The molecule has 1 amide bonds. The maximum Gasteiger partial charge on any atom is 0.261 e. The number of rotatable bonds is 6. The lowest BCUT2D eigenvalue weighted by molar-refractivity contribution is -0.138. The van der Waals surface area contributed by atoms with Crippen molar-refractivity contribution in [3.8, 4) is 17.6 Å². The summed E-state index contributed by atoms with van der Waals surface area (Å²) in [6.45, 7) is 1.28. The number of likely N-dealkylation sites (N-methyl/N-ethyl adjacent to an activating group) is 1. The van der Waals surface area contributed by atoms with E-state index in [1.54, 1.807) is 25.2 Å². The molecule has 1 aliphatic carbocycles. The molecule has 0 N–H and O–H groups in total. The van der Waals surface area contributed by atoms with E-state index in [1.165, 1.54) is 18.9 Å². The van der Waals surface area contributed by atoms with Crippen LogP contribution in [0.3, 0.4) is 0 Å². The van der Waals surface area contributed by atoms with Gasteiger partial charge in [0.2, 0.25) is 0 Å². The molecule has 2 rings (SSSR count). The van der Waals surface area contributed by atoms with Gasteiger partial charge in [-0.15, -0.1) is 0 Å². The number of benzene rings is 1. The lowest BCUT2D eigenvalue weighted by Gasteiger charge is -2.42. The molecule has 0 heterocycles. The molecule has 6 nitrogen and oxygen atoms in total. The van der Waals surface area contributed by atoms with Crippen molar-refractivity contribution in [3.05, 3.63) is 23.8 Å². The van der Waals surface area contributed by atoms with Crippen LogP contribution in [0.4, 0.5) is 0 Å². The highest BCUT2D eigenvalue weighted by Crippen LogP contribution is 2.36. The van der Waals surface area contributed by atoms with Crippen molar-refractivity contribution in [1.29, 1.82) is 5.26 Å². The van der Waals surface area contributed by atoms with Gasteiger partial charge in [0.15, 0.2) is 23.9 Å². The minimum Gasteiger partial charge on any atom is -0.493 e. The average Bonchev–Trinajstić information content (AvgIpc) is 2.51. The second-order valence-corrected chi connectivity index (χ2v) is 5.66. The molecule has 1 aromatic carbocycles. The Balaban J connectivity index is 2.04. The van der Waals surface area contributed by atoms with Crippen LogP contribution in [-0.4, -0.2) is 42.9 Å². The first-order valence-corrected chi connectivity index (χ1v) is 7.43. The number of hydrogen-bond donors (Lipinski definition) is 0. The smallest absolute Gasteiger partial charge is 0.261 e. The number of ketones is 1. The first-order chi connectivity index (χ1) is 10.9. The third-order valence-corrected chi connectivity index (χ3v) is 4.33. The summed E-state index contributed by atoms with van der Waals surface area (Å²) in [7, 11) is 3.10. The van der Waals surface area contributed by atoms with Gasteiger partial charge in [0.25, 0.3) is 5.91 Å². The number of hydrogen-bond acceptors (Lipinski definition) is 5. The lowest BCUT2D eigenvalue weighted by atomic mass is 9.77. The Morgan fingerprint density at radius 1 is 1.35 bits per heavy atom. The maximum atomic E-state index is 12.2. The number of methoxy groups -OCH3 is 1. The van der Waals surface area contributed by atoms with Crippen molar-refractivity contribution in [2.24, 2.45) is 0 Å². The second kappa shape index (κ2) is 6.69. The number of amides is 1. The predicted octanol–water partition coefficient (Wildman–Crippen LogP) is 2.18. The summed E-state index contributed by atoms with van der Waals surface area (Å²) in [6, 6.07) is 7.03. The van der Waals surface area contributed by atoms with E-state index in [4.69, 9.17) is 9.47 Å². The van der Waals surface area contributed by atoms with Gasteiger partial charge in [-0.1, -0.05) is 0 Å². The van der Waals surface area contributed by atoms with Crippen molar-refractivity contribution >= 4 is 11.7 Å². The molecule has 0 aromatic heterocycles. The van der Waals surface area contributed by atoms with Crippen LogP contribution < -0.4 is 9.47 Å². The van der Waals surface area contributed by atoms with Gasteiger partial charge in [0.05, 0.1) is 13.2 Å². The van der Waals surface area contributed by atoms with Crippen molar-refractivity contribution in [3.63, 3.8) is 0 Å². The Hall–Kier alpha value is -2.55. The molecule has 0 radical (unpaired) electrons. The molecule has 1 aliphatic rings. The molecule has 0 unspecified atom stereocenters. The Morgan fingerprint density at radius 3 is 2.52 bits per heavy atom. The van der Waals surface area contributed by atoms with Crippen LogP contribution in [0.2, 0.25) is 0 Å². The molecule has 0 atom stereocenters. The highest BCUT2D eigenvalue weighted by molar-refractivity contribution is 5.94. The predicted molar refractivity (Wildman–Crippen MR) is 83.5 cm³/mol. The minimum atomic E-state index is -0.691. The molecule has 1 fully saturated rings. The van der Waals surface area contributed by atoms with Crippen LogP contribution in [0, 0.1) is 11.3 Å². The molecular formula is C17H20N2O4. The van der Waals surface area contributed by atoms with E-state index in [0.29, 0.717) is 29.9 Å². The highest BCUT2D eigenvalue weighted by atomic mass is 16.5. The molecule has 0 bridgehead atoms. The van der Waals surface area contributed by atoms with E-state index in [9.17, 15) is 14.9 Å². The SMILES string of the molecule is COc1cc(C(C)=O)ccc1OCC(=O)N(C)C1(C#N)CCC1. The van der Waals surface area contributed by atoms with Crippen molar-refractivity contribution in [2.75, 3.05) is 20.8 Å². The first-order valence-electron chi connectivity index (χ1n) is 7.43. The second-order valence-electron chi connectivity index (χ2n) is 5.66. The summed E-state index contributed by atoms with van der Waals surface area (Å²) in [5.41, 5.74) is -0.182. The summed E-state index contributed by atoms with van der Waals surface area (Å²) < 4.78 is 10.7. The van der Waals surface area contributed by atoms with E-state index in [1.807, 2.05) is 0 Å². The maximum absolute atomic E-state index is 12.2. The van der Waals surface area contributed by atoms with Gasteiger partial charge in [-0.3, -0.25) is 9.59 Å². The summed E-state index contributed by atoms with van der Waals surface area (Å²) in [5.74, 6) is 0.446. The van der Waals surface area contributed by atoms with E-state index >= 15 is 0 Å². The van der Waals surface area contributed by atoms with Crippen molar-refractivity contribution in [2.45, 2.75) is 31.7 Å². The van der Waals surface area contributed by atoms with Gasteiger partial charge in [0.1, 0.15) is 5.54 Å². The van der Waals surface area contributed by atoms with E-state index in [2.05, 4.69) is 6.07 Å². The van der Waals surface area contributed by atoms with Crippen LogP contribution in [-0.2, 0) is 4.79 Å². The summed E-state index contributed by atoms with van der Waals surface area (Å²) in [6.07, 6.45) is 2.34. The molecule has 23 heavy (non-hydrogen) atoms. The number of nitriles is 1. The van der Waals surface area contributed by atoms with Crippen LogP contribution in [0.5, 0.6) is 11.5 Å². The Bertz CT molecular complexity index is 659. The molecular weight excluding hydrogens is 296 g/mol. The Kier molecular flexibility index (Phi) is 4.89. The minimum absolute atomic E-state index is 0.0772. The van der Waals surface area contributed by atoms with Crippen LogP contribution in [0.25, 0.3) is 0 Å². The quantitative estimate of drug-likeness (QED) is 0.752. The van der Waals surface area contributed by atoms with Gasteiger partial charge in [0, 0.05) is 12.6 Å². The number of Topliss-reactive ketones (excluding diaryl/α,β-unsaturated/α-hetero) is 1. The zero-order valence-corrected chi connectivity index (χ0v) is 13.6. The summed E-state index contributed by atoms with van der Waals surface area (Å²) >= 11 is 0. The number of nitrogens with zero attached hydrogens (tertiary/aromatic N) is 2. The lowest BCUT2D eigenvalue weighted by Crippen LogP contribution is -2.54. The van der Waals surface area contributed by atoms with Crippen LogP contribution in [0.15, 0.2) is 18.2 Å². The molecule has 1 aromatic rings. The fourth-order valence-electron chi connectivity index (χ4n) is 2.51. The van der Waals surface area contributed by atoms with E-state index in [-0.39, 0.29) is 18.3 Å². The first kappa shape index (κ1) is 16.8. The van der Waals surface area contributed by atoms with Crippen LogP contribution in [0.1, 0.15) is 36.5 Å². The van der Waals surface area contributed by atoms with Gasteiger partial charge in [-0.2, -0.15) is 5.26 Å². The van der Waals surface area contributed by atoms with Gasteiger partial charge in [-0.05, 0) is 44.4 Å². The van der Waals surface area contributed by atoms with Crippen molar-refractivity contribution < 1.29 is 19.1 Å². The van der Waals surface area contributed by atoms with Crippen LogP contribution >= 0.6 is 0 Å². The summed E-state index contributed by atoms with van der Waals surface area (Å²) in [5, 5.41) is 9.27. The number of carbonyl (C=O) groups excluding carboxylic acids is 2. The summed E-state index contributed by atoms with van der Waals surface area (Å²) in [4.78, 5) is 25.1. The fraction of sp³-hybridized carbons (Fsp3) is 0.471. The topological polar surface area (TPSA) is 79.6 Å². The average molecular weight is 316 g/mol. The Labute approximate surface area is 135 Å². The largest absolute Gasteiger partial charge is 0.493 e. The number of carbonyl (C=O) groups is 2. The zero-order valence-electron chi connectivity index (χ0n) is 13.6. The molecule has 122 valence electrons. The normalized spacial score (nSPS) is 15.0. The fourth-order valence-corrected chi connectivity index (χ4v) is 2.51. The number of ether oxygens (including phenoxy) is 2. The standard InChI is InChI=1S/C17H20N2O4/c1-12(20)13-5-6-14(15(9-13)22-3)23-10-16(21)19(2)17(11-18)7-4-8-17/h5-6,9H,4,7-8,10H2,1-3H3. The molecule has 0 aliphatic heterocycles. The monoisotopic (exact) mass is 316 g/mol. The van der Waals surface area contributed by atoms with Crippen molar-refractivity contribution in [1.82, 2.24) is 4.90 Å². The molecule has 0 saturated heterocycles. The van der Waals surface area contributed by atoms with Gasteiger partial charge < -0.3 is 14.4 Å². The molecule has 1 saturated carbocycles. The molecule has 0 spiro atoms. The third kappa shape index (κ3) is 3.29. The van der Waals surface area contributed by atoms with E-state index < -0.39 is 5.54 Å². The zero-order chi connectivity index (χ0) is 17.0. The highest BCUT2D eigenvalue weighted by Gasteiger charge is 2.43. The molecule has 6 heteroatoms. The van der Waals surface area contributed by atoms with E-state index in [0.717, 1.165) is 6.42 Å². The third-order valence-electron chi connectivity index (χ3n) is 4.33. The van der Waals surface area contributed by atoms with Gasteiger partial charge in [-0.25, -0.2) is 0 Å².